The van der Waals surface area contributed by atoms with Crippen LogP contribution >= 0.6 is 0 Å². The van der Waals surface area contributed by atoms with Crippen molar-refractivity contribution in [2.24, 2.45) is 4.99 Å². The Hall–Kier alpha value is -2.50. The Morgan fingerprint density at radius 2 is 2.04 bits per heavy atom. The number of nitrogens with zero attached hydrogens (tertiary/aromatic N) is 2. The van der Waals surface area contributed by atoms with Crippen LogP contribution in [0, 0.1) is 6.92 Å². The largest absolute Gasteiger partial charge is 0.490 e. The van der Waals surface area contributed by atoms with Gasteiger partial charge < -0.3 is 19.9 Å². The number of hydrogen-bond donors (Lipinski definition) is 2. The van der Waals surface area contributed by atoms with E-state index >= 15 is 0 Å². The predicted molar refractivity (Wildman–Crippen MR) is 109 cm³/mol. The minimum Gasteiger partial charge on any atom is -0.490 e. The molecule has 1 aromatic heterocycles. The zero-order valence-corrected chi connectivity index (χ0v) is 17.1. The molecular weight excluding hydrogens is 340 g/mol. The zero-order valence-electron chi connectivity index (χ0n) is 17.1. The molecule has 1 atom stereocenters. The fourth-order valence-electron chi connectivity index (χ4n) is 2.48. The molecule has 148 valence electrons. The number of aliphatic imine (C=N–C) groups is 1. The van der Waals surface area contributed by atoms with Crippen LogP contribution in [0.5, 0.6) is 5.75 Å². The van der Waals surface area contributed by atoms with E-state index in [-0.39, 0.29) is 6.10 Å². The molecule has 2 rings (SSSR count). The van der Waals surface area contributed by atoms with Crippen molar-refractivity contribution in [2.75, 3.05) is 6.54 Å². The van der Waals surface area contributed by atoms with Gasteiger partial charge in [0, 0.05) is 18.2 Å². The van der Waals surface area contributed by atoms with Crippen LogP contribution < -0.4 is 15.4 Å². The molecule has 0 aliphatic rings. The summed E-state index contributed by atoms with van der Waals surface area (Å²) in [5.74, 6) is 2.45. The number of hydrogen-bond acceptors (Lipinski definition) is 4. The highest BCUT2D eigenvalue weighted by molar-refractivity contribution is 5.79. The van der Waals surface area contributed by atoms with Crippen molar-refractivity contribution in [3.63, 3.8) is 0 Å². The molecule has 27 heavy (non-hydrogen) atoms. The van der Waals surface area contributed by atoms with Gasteiger partial charge in [-0.1, -0.05) is 31.1 Å². The van der Waals surface area contributed by atoms with Crippen LogP contribution in [0.3, 0.4) is 0 Å². The van der Waals surface area contributed by atoms with Crippen LogP contribution in [-0.2, 0) is 19.5 Å². The molecule has 0 fully saturated rings. The van der Waals surface area contributed by atoms with Crippen molar-refractivity contribution >= 4 is 5.96 Å². The molecular formula is C21H32N4O2. The Bertz CT molecular complexity index is 740. The minimum atomic E-state index is 0.181. The molecule has 0 radical (unpaired) electrons. The summed E-state index contributed by atoms with van der Waals surface area (Å²) < 4.78 is 11.4. The van der Waals surface area contributed by atoms with E-state index in [1.54, 1.807) is 0 Å². The van der Waals surface area contributed by atoms with Gasteiger partial charge in [0.15, 0.2) is 11.7 Å². The van der Waals surface area contributed by atoms with Crippen LogP contribution in [0.15, 0.2) is 33.8 Å². The second kappa shape index (κ2) is 10.6. The highest BCUT2D eigenvalue weighted by Crippen LogP contribution is 2.23. The summed E-state index contributed by atoms with van der Waals surface area (Å²) in [5, 5.41) is 10.6. The smallest absolute Gasteiger partial charge is 0.191 e. The maximum Gasteiger partial charge on any atom is 0.191 e. The fourth-order valence-corrected chi connectivity index (χ4v) is 2.48. The Kier molecular flexibility index (Phi) is 8.17. The summed E-state index contributed by atoms with van der Waals surface area (Å²) in [6, 6.07) is 8.23. The predicted octanol–water partition coefficient (Wildman–Crippen LogP) is 3.98. The lowest BCUT2D eigenvalue weighted by Crippen LogP contribution is -2.36. The molecule has 6 nitrogen and oxygen atoms in total. The molecule has 0 bridgehead atoms. The van der Waals surface area contributed by atoms with E-state index < -0.39 is 0 Å². The van der Waals surface area contributed by atoms with Crippen LogP contribution in [0.1, 0.15) is 56.7 Å². The van der Waals surface area contributed by atoms with Gasteiger partial charge in [-0.15, -0.1) is 0 Å². The van der Waals surface area contributed by atoms with E-state index in [1.165, 1.54) is 5.56 Å². The topological polar surface area (TPSA) is 71.7 Å². The molecule has 6 heteroatoms. The van der Waals surface area contributed by atoms with Gasteiger partial charge in [-0.3, -0.25) is 0 Å². The van der Waals surface area contributed by atoms with Crippen molar-refractivity contribution in [1.29, 1.82) is 0 Å². The van der Waals surface area contributed by atoms with Crippen molar-refractivity contribution in [2.45, 2.75) is 66.7 Å². The van der Waals surface area contributed by atoms with E-state index in [0.717, 1.165) is 48.1 Å². The van der Waals surface area contributed by atoms with Crippen molar-refractivity contribution < 1.29 is 9.26 Å². The fraction of sp³-hybridized carbons (Fsp3) is 0.524. The summed E-state index contributed by atoms with van der Waals surface area (Å²) in [4.78, 5) is 4.70. The van der Waals surface area contributed by atoms with Gasteiger partial charge in [-0.05, 0) is 45.2 Å². The second-order valence-corrected chi connectivity index (χ2v) is 6.63. The van der Waals surface area contributed by atoms with Crippen LogP contribution in [-0.4, -0.2) is 23.8 Å². The third kappa shape index (κ3) is 6.62. The first-order valence-electron chi connectivity index (χ1n) is 9.78. The first-order chi connectivity index (χ1) is 13.0. The Balaban J connectivity index is 2.06. The lowest BCUT2D eigenvalue weighted by molar-refractivity contribution is 0.215. The molecule has 0 aliphatic heterocycles. The average Bonchev–Trinajstić information content (AvgIpc) is 3.13. The number of aromatic nitrogens is 1. The molecule has 1 aromatic carbocycles. The summed E-state index contributed by atoms with van der Waals surface area (Å²) >= 11 is 0. The van der Waals surface area contributed by atoms with E-state index in [2.05, 4.69) is 61.7 Å². The molecule has 0 spiro atoms. The van der Waals surface area contributed by atoms with Gasteiger partial charge in [0.25, 0.3) is 0 Å². The molecule has 2 aromatic rings. The number of benzene rings is 1. The highest BCUT2D eigenvalue weighted by Gasteiger charge is 2.09. The maximum absolute atomic E-state index is 6.08. The van der Waals surface area contributed by atoms with Crippen molar-refractivity contribution in [3.05, 3.63) is 46.8 Å². The molecule has 1 unspecified atom stereocenters. The van der Waals surface area contributed by atoms with Gasteiger partial charge in [-0.25, -0.2) is 4.99 Å². The number of guanidine groups is 1. The Morgan fingerprint density at radius 1 is 1.22 bits per heavy atom. The first-order valence-corrected chi connectivity index (χ1v) is 9.78. The average molecular weight is 373 g/mol. The van der Waals surface area contributed by atoms with Gasteiger partial charge in [-0.2, -0.15) is 0 Å². The van der Waals surface area contributed by atoms with E-state index in [4.69, 9.17) is 14.3 Å². The summed E-state index contributed by atoms with van der Waals surface area (Å²) in [6.07, 6.45) is 2.02. The van der Waals surface area contributed by atoms with E-state index in [1.807, 2.05) is 13.0 Å². The molecule has 1 heterocycles. The minimum absolute atomic E-state index is 0.181. The number of ether oxygens (including phenoxy) is 1. The van der Waals surface area contributed by atoms with E-state index in [0.29, 0.717) is 13.1 Å². The van der Waals surface area contributed by atoms with Crippen molar-refractivity contribution in [3.8, 4) is 5.75 Å². The highest BCUT2D eigenvalue weighted by atomic mass is 16.5. The number of rotatable bonds is 9. The Morgan fingerprint density at radius 3 is 2.70 bits per heavy atom. The van der Waals surface area contributed by atoms with Gasteiger partial charge in [0.1, 0.15) is 5.75 Å². The number of aryl methyl sites for hydroxylation is 2. The summed E-state index contributed by atoms with van der Waals surface area (Å²) in [5.41, 5.74) is 3.22. The standard InChI is InChI=1S/C21H32N4O2/c1-6-16(5)26-20-11-15(4)9-10-17(20)13-23-21(22-8-3)24-14-19-12-18(7-2)25-27-19/h9-12,16H,6-8,13-14H2,1-5H3,(H2,22,23,24). The lowest BCUT2D eigenvalue weighted by Gasteiger charge is -2.16. The van der Waals surface area contributed by atoms with Gasteiger partial charge in [0.2, 0.25) is 0 Å². The monoisotopic (exact) mass is 372 g/mol. The van der Waals surface area contributed by atoms with Gasteiger partial charge in [0.05, 0.1) is 24.9 Å². The zero-order chi connectivity index (χ0) is 19.6. The van der Waals surface area contributed by atoms with Crippen LogP contribution in [0.2, 0.25) is 0 Å². The Labute approximate surface area is 162 Å². The SMILES string of the molecule is CCNC(=NCc1ccc(C)cc1OC(C)CC)NCc1cc(CC)no1. The normalized spacial score (nSPS) is 12.7. The third-order valence-electron chi connectivity index (χ3n) is 4.28. The molecule has 2 N–H and O–H groups in total. The summed E-state index contributed by atoms with van der Waals surface area (Å²) in [6.45, 7) is 12.3. The molecule has 0 amide bonds. The number of nitrogens with one attached hydrogen (secondary N) is 2. The lowest BCUT2D eigenvalue weighted by atomic mass is 10.1. The third-order valence-corrected chi connectivity index (χ3v) is 4.28. The quantitative estimate of drug-likeness (QED) is 0.515. The molecule has 0 aliphatic carbocycles. The molecule has 0 saturated heterocycles. The van der Waals surface area contributed by atoms with Crippen molar-refractivity contribution in [1.82, 2.24) is 15.8 Å². The maximum atomic E-state index is 6.08. The van der Waals surface area contributed by atoms with Crippen LogP contribution in [0.25, 0.3) is 0 Å². The molecule has 0 saturated carbocycles. The second-order valence-electron chi connectivity index (χ2n) is 6.63. The summed E-state index contributed by atoms with van der Waals surface area (Å²) in [7, 11) is 0. The first kappa shape index (κ1) is 20.8. The van der Waals surface area contributed by atoms with Crippen LogP contribution in [0.4, 0.5) is 0 Å². The van der Waals surface area contributed by atoms with Gasteiger partial charge >= 0.3 is 0 Å². The van der Waals surface area contributed by atoms with E-state index in [9.17, 15) is 0 Å².